The molecule has 0 amide bonds. The quantitative estimate of drug-likeness (QED) is 0.193. The molecule has 234 valence electrons. The lowest BCUT2D eigenvalue weighted by atomic mass is 9.94. The van der Waals surface area contributed by atoms with E-state index in [1.165, 1.54) is 50.0 Å². The highest BCUT2D eigenvalue weighted by molar-refractivity contribution is 6.15. The summed E-state index contributed by atoms with van der Waals surface area (Å²) in [6.45, 7) is 2.26. The van der Waals surface area contributed by atoms with Crippen molar-refractivity contribution in [1.29, 1.82) is 0 Å². The first-order valence-corrected chi connectivity index (χ1v) is 17.0. The minimum atomic E-state index is 0.650. The first kappa shape index (κ1) is 28.4. The van der Waals surface area contributed by atoms with Gasteiger partial charge in [-0.3, -0.25) is 0 Å². The molecular weight excluding hydrogens is 609 g/mol. The highest BCUT2D eigenvalue weighted by Crippen LogP contribution is 2.50. The van der Waals surface area contributed by atoms with Gasteiger partial charge < -0.3 is 4.57 Å². The van der Waals surface area contributed by atoms with Crippen molar-refractivity contribution in [1.82, 2.24) is 19.5 Å². The SMILES string of the molecule is Cc1c2c3c(cccc3n1-c1ccc(-c3nc(-c4ccccc4)nc(-c4ccccc4)n3)c3ccccc13)-c1ccccc1-c1ccccc1-2. The molecule has 0 aliphatic heterocycles. The third-order valence-corrected chi connectivity index (χ3v) is 10.0. The van der Waals surface area contributed by atoms with Crippen LogP contribution >= 0.6 is 0 Å². The summed E-state index contributed by atoms with van der Waals surface area (Å²) in [4.78, 5) is 15.1. The Bertz CT molecular complexity index is 2700. The fraction of sp³-hybridized carbons (Fsp3) is 0.0217. The Morgan fingerprint density at radius 2 is 0.880 bits per heavy atom. The fourth-order valence-electron chi connectivity index (χ4n) is 7.82. The average molecular weight is 639 g/mol. The van der Waals surface area contributed by atoms with Crippen LogP contribution in [0.25, 0.3) is 94.9 Å². The van der Waals surface area contributed by atoms with Crippen molar-refractivity contribution in [3.63, 3.8) is 0 Å². The molecule has 1 aliphatic rings. The Labute approximate surface area is 290 Å². The molecule has 50 heavy (non-hydrogen) atoms. The molecular formula is C46H30N4. The van der Waals surface area contributed by atoms with E-state index < -0.39 is 0 Å². The topological polar surface area (TPSA) is 43.6 Å². The molecule has 1 aliphatic carbocycles. The number of aromatic nitrogens is 4. The molecule has 10 rings (SSSR count). The first-order chi connectivity index (χ1) is 24.7. The third-order valence-electron chi connectivity index (χ3n) is 10.0. The molecule has 0 fully saturated rings. The van der Waals surface area contributed by atoms with Crippen LogP contribution in [0.4, 0.5) is 0 Å². The summed E-state index contributed by atoms with van der Waals surface area (Å²) in [6, 6.07) is 57.7. The summed E-state index contributed by atoms with van der Waals surface area (Å²) in [7, 11) is 0. The minimum absolute atomic E-state index is 0.650. The number of benzene rings is 7. The standard InChI is InChI=1S/C46H30N4/c1-29-42-37-24-13-11-20-33(37)32-19-8-9-21-34(32)38-25-14-26-41(43(38)42)50(29)40-28-27-39(35-22-10-12-23-36(35)40)46-48-44(30-15-4-2-5-16-30)47-45(49-46)31-17-6-3-7-18-31/h2-28H,1H3. The second-order valence-electron chi connectivity index (χ2n) is 12.8. The number of hydrogen-bond donors (Lipinski definition) is 0. The maximum atomic E-state index is 5.08. The number of rotatable bonds is 4. The predicted octanol–water partition coefficient (Wildman–Crippen LogP) is 11.6. The van der Waals surface area contributed by atoms with E-state index in [2.05, 4.69) is 115 Å². The van der Waals surface area contributed by atoms with E-state index in [4.69, 9.17) is 15.0 Å². The Balaban J connectivity index is 1.23. The maximum absolute atomic E-state index is 5.08. The van der Waals surface area contributed by atoms with Crippen molar-refractivity contribution in [2.24, 2.45) is 0 Å². The molecule has 2 heterocycles. The van der Waals surface area contributed by atoms with E-state index >= 15 is 0 Å². The van der Waals surface area contributed by atoms with Gasteiger partial charge in [-0.15, -0.1) is 0 Å². The minimum Gasteiger partial charge on any atom is -0.313 e. The monoisotopic (exact) mass is 638 g/mol. The lowest BCUT2D eigenvalue weighted by Gasteiger charge is -2.17. The van der Waals surface area contributed by atoms with Gasteiger partial charge in [-0.2, -0.15) is 0 Å². The van der Waals surface area contributed by atoms with Gasteiger partial charge in [-0.1, -0.05) is 146 Å². The Hall–Kier alpha value is -6.65. The highest BCUT2D eigenvalue weighted by atomic mass is 15.0. The van der Waals surface area contributed by atoms with Crippen LogP contribution in [0.3, 0.4) is 0 Å². The van der Waals surface area contributed by atoms with Gasteiger partial charge >= 0.3 is 0 Å². The van der Waals surface area contributed by atoms with Gasteiger partial charge in [0, 0.05) is 38.7 Å². The molecule has 0 atom stereocenters. The summed E-state index contributed by atoms with van der Waals surface area (Å²) < 4.78 is 2.45. The van der Waals surface area contributed by atoms with Crippen molar-refractivity contribution in [3.8, 4) is 73.2 Å². The van der Waals surface area contributed by atoms with Gasteiger partial charge in [0.2, 0.25) is 0 Å². The number of nitrogens with zero attached hydrogens (tertiary/aromatic N) is 4. The van der Waals surface area contributed by atoms with Gasteiger partial charge in [-0.25, -0.2) is 15.0 Å². The van der Waals surface area contributed by atoms with Gasteiger partial charge in [0.05, 0.1) is 11.2 Å². The van der Waals surface area contributed by atoms with E-state index in [9.17, 15) is 0 Å². The largest absolute Gasteiger partial charge is 0.313 e. The van der Waals surface area contributed by atoms with Crippen molar-refractivity contribution in [2.75, 3.05) is 0 Å². The molecule has 0 saturated carbocycles. The summed E-state index contributed by atoms with van der Waals surface area (Å²) >= 11 is 0. The summed E-state index contributed by atoms with van der Waals surface area (Å²) in [6.07, 6.45) is 0. The maximum Gasteiger partial charge on any atom is 0.164 e. The second-order valence-corrected chi connectivity index (χ2v) is 12.8. The first-order valence-electron chi connectivity index (χ1n) is 17.0. The number of fused-ring (bicyclic) bond motifs is 6. The summed E-state index contributed by atoms with van der Waals surface area (Å²) in [5.74, 6) is 1.96. The van der Waals surface area contributed by atoms with E-state index in [0.29, 0.717) is 17.5 Å². The zero-order valence-electron chi connectivity index (χ0n) is 27.4. The van der Waals surface area contributed by atoms with Crippen LogP contribution < -0.4 is 0 Å². The predicted molar refractivity (Wildman–Crippen MR) is 205 cm³/mol. The molecule has 0 N–H and O–H groups in total. The van der Waals surface area contributed by atoms with Crippen LogP contribution in [0.1, 0.15) is 5.69 Å². The van der Waals surface area contributed by atoms with E-state index in [1.54, 1.807) is 0 Å². The van der Waals surface area contributed by atoms with Crippen LogP contribution in [0, 0.1) is 6.92 Å². The molecule has 0 unspecified atom stereocenters. The van der Waals surface area contributed by atoms with Crippen LogP contribution in [0.5, 0.6) is 0 Å². The lowest BCUT2D eigenvalue weighted by molar-refractivity contribution is 1.06. The smallest absolute Gasteiger partial charge is 0.164 e. The summed E-state index contributed by atoms with van der Waals surface area (Å²) in [5.41, 5.74) is 14.0. The van der Waals surface area contributed by atoms with Crippen molar-refractivity contribution in [2.45, 2.75) is 6.92 Å². The fourth-order valence-corrected chi connectivity index (χ4v) is 7.82. The molecule has 0 spiro atoms. The van der Waals surface area contributed by atoms with Gasteiger partial charge in [0.25, 0.3) is 0 Å². The molecule has 4 nitrogen and oxygen atoms in total. The van der Waals surface area contributed by atoms with Crippen LogP contribution in [-0.4, -0.2) is 19.5 Å². The van der Waals surface area contributed by atoms with Gasteiger partial charge in [-0.05, 0) is 58.3 Å². The van der Waals surface area contributed by atoms with E-state index in [1.807, 2.05) is 60.7 Å². The van der Waals surface area contributed by atoms with Gasteiger partial charge in [0.1, 0.15) is 0 Å². The highest BCUT2D eigenvalue weighted by Gasteiger charge is 2.27. The molecule has 0 bridgehead atoms. The second kappa shape index (κ2) is 11.2. The normalized spacial score (nSPS) is 11.7. The zero-order chi connectivity index (χ0) is 33.2. The lowest BCUT2D eigenvalue weighted by Crippen LogP contribution is -2.02. The van der Waals surface area contributed by atoms with Crippen LogP contribution in [-0.2, 0) is 0 Å². The zero-order valence-corrected chi connectivity index (χ0v) is 27.4. The molecule has 9 aromatic rings. The van der Waals surface area contributed by atoms with Crippen molar-refractivity contribution < 1.29 is 0 Å². The molecule has 0 radical (unpaired) electrons. The van der Waals surface area contributed by atoms with Crippen LogP contribution in [0.2, 0.25) is 0 Å². The van der Waals surface area contributed by atoms with Crippen molar-refractivity contribution in [3.05, 3.63) is 169 Å². The summed E-state index contributed by atoms with van der Waals surface area (Å²) in [5, 5.41) is 3.51. The van der Waals surface area contributed by atoms with Crippen LogP contribution in [0.15, 0.2) is 164 Å². The van der Waals surface area contributed by atoms with E-state index in [-0.39, 0.29) is 0 Å². The molecule has 4 heteroatoms. The average Bonchev–Trinajstić information content (AvgIpc) is 3.41. The Morgan fingerprint density at radius 1 is 0.380 bits per heavy atom. The molecule has 2 aromatic heterocycles. The van der Waals surface area contributed by atoms with Gasteiger partial charge in [0.15, 0.2) is 17.5 Å². The van der Waals surface area contributed by atoms with Crippen molar-refractivity contribution >= 4 is 21.7 Å². The Morgan fingerprint density at radius 3 is 1.54 bits per heavy atom. The molecule has 0 saturated heterocycles. The Kier molecular flexibility index (Phi) is 6.36. The number of hydrogen-bond acceptors (Lipinski definition) is 3. The molecule has 7 aromatic carbocycles. The van der Waals surface area contributed by atoms with E-state index in [0.717, 1.165) is 33.2 Å². The third kappa shape index (κ3) is 4.28.